The molecule has 90 valence electrons. The van der Waals surface area contributed by atoms with Crippen LogP contribution in [0.5, 0.6) is 0 Å². The van der Waals surface area contributed by atoms with Gasteiger partial charge in [0.2, 0.25) is 0 Å². The lowest BCUT2D eigenvalue weighted by Gasteiger charge is -2.18. The van der Waals surface area contributed by atoms with E-state index in [1.807, 2.05) is 0 Å². The van der Waals surface area contributed by atoms with Gasteiger partial charge in [0.1, 0.15) is 0 Å². The standard InChI is InChI=1S/C11H23NO2S/c1-9(2)6-7-15(13,14)11-5-3-4-10(11)8-12/h9-11H,3-8,12H2,1-2H3. The second-order valence-electron chi connectivity index (χ2n) is 5.01. The van der Waals surface area contributed by atoms with Gasteiger partial charge in [0, 0.05) is 0 Å². The third-order valence-electron chi connectivity index (χ3n) is 3.33. The SMILES string of the molecule is CC(C)CCS(=O)(=O)C1CCCC1CN. The molecule has 15 heavy (non-hydrogen) atoms. The molecule has 1 aliphatic rings. The summed E-state index contributed by atoms with van der Waals surface area (Å²) in [7, 11) is -2.90. The molecule has 0 aromatic carbocycles. The molecule has 2 unspecified atom stereocenters. The summed E-state index contributed by atoms with van der Waals surface area (Å²) in [6.07, 6.45) is 3.61. The fourth-order valence-corrected chi connectivity index (χ4v) is 4.76. The van der Waals surface area contributed by atoms with Gasteiger partial charge in [0.25, 0.3) is 0 Å². The van der Waals surface area contributed by atoms with E-state index in [-0.39, 0.29) is 11.2 Å². The molecule has 0 heterocycles. The molecule has 1 saturated carbocycles. The molecule has 0 aromatic heterocycles. The number of rotatable bonds is 5. The third kappa shape index (κ3) is 3.45. The summed E-state index contributed by atoms with van der Waals surface area (Å²) in [6, 6.07) is 0. The first-order chi connectivity index (χ1) is 6.97. The zero-order valence-corrected chi connectivity index (χ0v) is 10.6. The van der Waals surface area contributed by atoms with Crippen LogP contribution in [0.1, 0.15) is 39.5 Å². The van der Waals surface area contributed by atoms with Crippen LogP contribution in [-0.4, -0.2) is 26.0 Å². The zero-order chi connectivity index (χ0) is 11.5. The Morgan fingerprint density at radius 2 is 2.00 bits per heavy atom. The molecule has 2 atom stereocenters. The second-order valence-corrected chi connectivity index (χ2v) is 7.35. The highest BCUT2D eigenvalue weighted by molar-refractivity contribution is 7.92. The Kier molecular flexibility index (Phi) is 4.59. The van der Waals surface area contributed by atoms with Crippen molar-refractivity contribution in [3.8, 4) is 0 Å². The largest absolute Gasteiger partial charge is 0.330 e. The predicted octanol–water partition coefficient (Wildman–Crippen LogP) is 1.57. The first-order valence-electron chi connectivity index (χ1n) is 5.89. The average Bonchev–Trinajstić information content (AvgIpc) is 2.63. The molecule has 0 saturated heterocycles. The van der Waals surface area contributed by atoms with Crippen molar-refractivity contribution in [2.45, 2.75) is 44.8 Å². The first kappa shape index (κ1) is 13.0. The van der Waals surface area contributed by atoms with Crippen LogP contribution < -0.4 is 5.73 Å². The maximum absolute atomic E-state index is 12.1. The van der Waals surface area contributed by atoms with Crippen LogP contribution >= 0.6 is 0 Å². The monoisotopic (exact) mass is 233 g/mol. The van der Waals surface area contributed by atoms with E-state index in [4.69, 9.17) is 5.73 Å². The minimum atomic E-state index is -2.90. The molecular weight excluding hydrogens is 210 g/mol. The molecule has 0 aliphatic heterocycles. The van der Waals surface area contributed by atoms with Crippen LogP contribution in [0.4, 0.5) is 0 Å². The Morgan fingerprint density at radius 1 is 1.33 bits per heavy atom. The predicted molar refractivity (Wildman–Crippen MR) is 63.4 cm³/mol. The summed E-state index contributed by atoms with van der Waals surface area (Å²) in [5.74, 6) is 1.01. The van der Waals surface area contributed by atoms with E-state index < -0.39 is 9.84 Å². The van der Waals surface area contributed by atoms with Crippen molar-refractivity contribution < 1.29 is 8.42 Å². The quantitative estimate of drug-likeness (QED) is 0.784. The Balaban J connectivity index is 2.60. The summed E-state index contributed by atoms with van der Waals surface area (Å²) in [5, 5.41) is -0.152. The van der Waals surface area contributed by atoms with Crippen LogP contribution in [0, 0.1) is 11.8 Å². The van der Waals surface area contributed by atoms with Gasteiger partial charge >= 0.3 is 0 Å². The van der Waals surface area contributed by atoms with Crippen molar-refractivity contribution in [3.05, 3.63) is 0 Å². The normalized spacial score (nSPS) is 27.5. The molecule has 0 amide bonds. The smallest absolute Gasteiger partial charge is 0.153 e. The lowest BCUT2D eigenvalue weighted by Crippen LogP contribution is -2.32. The molecule has 0 spiro atoms. The lowest BCUT2D eigenvalue weighted by atomic mass is 10.1. The minimum Gasteiger partial charge on any atom is -0.330 e. The van der Waals surface area contributed by atoms with Gasteiger partial charge in [0.05, 0.1) is 11.0 Å². The van der Waals surface area contributed by atoms with Crippen LogP contribution in [0.25, 0.3) is 0 Å². The van der Waals surface area contributed by atoms with Gasteiger partial charge < -0.3 is 5.73 Å². The van der Waals surface area contributed by atoms with Gasteiger partial charge in [-0.05, 0) is 37.6 Å². The van der Waals surface area contributed by atoms with Gasteiger partial charge in [-0.2, -0.15) is 0 Å². The molecule has 2 N–H and O–H groups in total. The van der Waals surface area contributed by atoms with Crippen molar-refractivity contribution >= 4 is 9.84 Å². The summed E-state index contributed by atoms with van der Waals surface area (Å²) in [5.41, 5.74) is 5.61. The summed E-state index contributed by atoms with van der Waals surface area (Å²) >= 11 is 0. The molecule has 1 fully saturated rings. The van der Waals surface area contributed by atoms with E-state index in [1.165, 1.54) is 0 Å². The van der Waals surface area contributed by atoms with Gasteiger partial charge in [-0.3, -0.25) is 0 Å². The van der Waals surface area contributed by atoms with Gasteiger partial charge in [-0.1, -0.05) is 20.3 Å². The Morgan fingerprint density at radius 3 is 2.53 bits per heavy atom. The maximum atomic E-state index is 12.1. The molecule has 0 aromatic rings. The van der Waals surface area contributed by atoms with Crippen LogP contribution in [0.2, 0.25) is 0 Å². The van der Waals surface area contributed by atoms with E-state index in [0.29, 0.717) is 18.2 Å². The third-order valence-corrected chi connectivity index (χ3v) is 5.68. The van der Waals surface area contributed by atoms with E-state index in [9.17, 15) is 8.42 Å². The van der Waals surface area contributed by atoms with Crippen molar-refractivity contribution in [3.63, 3.8) is 0 Å². The molecule has 4 heteroatoms. The Hall–Kier alpha value is -0.0900. The first-order valence-corrected chi connectivity index (χ1v) is 7.60. The highest BCUT2D eigenvalue weighted by atomic mass is 32.2. The fourth-order valence-electron chi connectivity index (χ4n) is 2.30. The molecule has 0 bridgehead atoms. The summed E-state index contributed by atoms with van der Waals surface area (Å²) in [6.45, 7) is 4.64. The van der Waals surface area contributed by atoms with Gasteiger partial charge in [-0.15, -0.1) is 0 Å². The van der Waals surface area contributed by atoms with Crippen LogP contribution in [-0.2, 0) is 9.84 Å². The number of sulfone groups is 1. The van der Waals surface area contributed by atoms with Gasteiger partial charge in [0.15, 0.2) is 9.84 Å². The zero-order valence-electron chi connectivity index (χ0n) is 9.78. The average molecular weight is 233 g/mol. The molecule has 0 radical (unpaired) electrons. The Labute approximate surface area is 93.3 Å². The molecule has 3 nitrogen and oxygen atoms in total. The molecule has 1 rings (SSSR count). The van der Waals surface area contributed by atoms with Crippen molar-refractivity contribution in [1.82, 2.24) is 0 Å². The summed E-state index contributed by atoms with van der Waals surface area (Å²) in [4.78, 5) is 0. The van der Waals surface area contributed by atoms with E-state index in [0.717, 1.165) is 25.7 Å². The highest BCUT2D eigenvalue weighted by Crippen LogP contribution is 2.31. The van der Waals surface area contributed by atoms with E-state index >= 15 is 0 Å². The maximum Gasteiger partial charge on any atom is 0.153 e. The number of hydrogen-bond acceptors (Lipinski definition) is 3. The van der Waals surface area contributed by atoms with E-state index in [2.05, 4.69) is 13.8 Å². The van der Waals surface area contributed by atoms with Crippen LogP contribution in [0.15, 0.2) is 0 Å². The number of nitrogens with two attached hydrogens (primary N) is 1. The summed E-state index contributed by atoms with van der Waals surface area (Å²) < 4.78 is 24.1. The number of hydrogen-bond donors (Lipinski definition) is 1. The minimum absolute atomic E-state index is 0.152. The van der Waals surface area contributed by atoms with Gasteiger partial charge in [-0.25, -0.2) is 8.42 Å². The molecular formula is C11H23NO2S. The van der Waals surface area contributed by atoms with E-state index in [1.54, 1.807) is 0 Å². The highest BCUT2D eigenvalue weighted by Gasteiger charge is 2.35. The second kappa shape index (κ2) is 5.30. The van der Waals surface area contributed by atoms with Crippen molar-refractivity contribution in [1.29, 1.82) is 0 Å². The van der Waals surface area contributed by atoms with Crippen molar-refractivity contribution in [2.75, 3.05) is 12.3 Å². The Bertz CT molecular complexity index is 285. The lowest BCUT2D eigenvalue weighted by molar-refractivity contribution is 0.516. The topological polar surface area (TPSA) is 60.2 Å². The fraction of sp³-hybridized carbons (Fsp3) is 1.00. The van der Waals surface area contributed by atoms with Crippen LogP contribution in [0.3, 0.4) is 0 Å². The molecule has 1 aliphatic carbocycles. The van der Waals surface area contributed by atoms with Crippen molar-refractivity contribution in [2.24, 2.45) is 17.6 Å².